The minimum absolute atomic E-state index is 0.869. The zero-order valence-corrected chi connectivity index (χ0v) is 15.1. The summed E-state index contributed by atoms with van der Waals surface area (Å²) in [6, 6.07) is 10.2. The Balaban J connectivity index is 1.43. The molecule has 1 fully saturated rings. The highest BCUT2D eigenvalue weighted by Crippen LogP contribution is 2.34. The molecule has 1 aromatic carbocycles. The number of hydrogen-bond acceptors (Lipinski definition) is 1. The fraction of sp³-hybridized carbons (Fsp3) is 0.727. The van der Waals surface area contributed by atoms with E-state index in [4.69, 9.17) is 4.74 Å². The molecule has 0 saturated heterocycles. The minimum Gasteiger partial charge on any atom is -0.494 e. The lowest BCUT2D eigenvalue weighted by Crippen LogP contribution is -2.14. The van der Waals surface area contributed by atoms with Crippen molar-refractivity contribution in [2.24, 2.45) is 11.8 Å². The summed E-state index contributed by atoms with van der Waals surface area (Å²) in [5, 5.41) is 0. The van der Waals surface area contributed by atoms with Gasteiger partial charge in [0.15, 0.2) is 0 Å². The van der Waals surface area contributed by atoms with Crippen molar-refractivity contribution in [1.29, 1.82) is 0 Å². The summed E-state index contributed by atoms with van der Waals surface area (Å²) in [6.45, 7) is 3.18. The Morgan fingerprint density at radius 1 is 0.783 bits per heavy atom. The van der Waals surface area contributed by atoms with E-state index < -0.39 is 0 Å². The molecule has 1 aromatic rings. The third-order valence-electron chi connectivity index (χ3n) is 5.45. The van der Waals surface area contributed by atoms with Crippen LogP contribution in [0.2, 0.25) is 0 Å². The molecule has 23 heavy (non-hydrogen) atoms. The molecule has 0 heterocycles. The highest BCUT2D eigenvalue weighted by Gasteiger charge is 2.20. The lowest BCUT2D eigenvalue weighted by molar-refractivity contribution is 0.241. The molecule has 0 spiro atoms. The van der Waals surface area contributed by atoms with E-state index in [1.807, 2.05) is 30.3 Å². The molecule has 0 amide bonds. The highest BCUT2D eigenvalue weighted by molar-refractivity contribution is 5.20. The number of hydrogen-bond donors (Lipinski definition) is 0. The van der Waals surface area contributed by atoms with E-state index in [1.165, 1.54) is 77.0 Å². The van der Waals surface area contributed by atoms with Crippen LogP contribution < -0.4 is 4.74 Å². The normalized spacial score (nSPS) is 21.3. The van der Waals surface area contributed by atoms with Gasteiger partial charge in [-0.15, -0.1) is 0 Å². The Morgan fingerprint density at radius 3 is 2.00 bits per heavy atom. The molecule has 0 unspecified atom stereocenters. The molecule has 0 atom stereocenters. The first-order valence-corrected chi connectivity index (χ1v) is 10.1. The molecule has 1 saturated carbocycles. The third-order valence-corrected chi connectivity index (χ3v) is 5.45. The van der Waals surface area contributed by atoms with Gasteiger partial charge in [0, 0.05) is 0 Å². The monoisotopic (exact) mass is 316 g/mol. The number of para-hydroxylation sites is 1. The smallest absolute Gasteiger partial charge is 0.119 e. The fourth-order valence-corrected chi connectivity index (χ4v) is 3.91. The second kappa shape index (κ2) is 11.5. The maximum absolute atomic E-state index is 5.76. The zero-order chi connectivity index (χ0) is 16.2. The van der Waals surface area contributed by atoms with E-state index in [0.717, 1.165) is 24.2 Å². The Labute approximate surface area is 143 Å². The SMILES string of the molecule is CCCCCC1CCC(CCCCCOc2ccccc2)CC1. The van der Waals surface area contributed by atoms with Crippen LogP contribution in [0.15, 0.2) is 30.3 Å². The minimum atomic E-state index is 0.869. The lowest BCUT2D eigenvalue weighted by atomic mass is 9.78. The van der Waals surface area contributed by atoms with Crippen molar-refractivity contribution in [2.75, 3.05) is 6.61 Å². The van der Waals surface area contributed by atoms with Crippen LogP contribution in [-0.2, 0) is 0 Å². The standard InChI is InChI=1S/C22H36O/c1-2-3-6-11-20-15-17-21(18-16-20)12-7-5-10-19-23-22-13-8-4-9-14-22/h4,8-9,13-14,20-21H,2-3,5-7,10-12,15-19H2,1H3. The van der Waals surface area contributed by atoms with Gasteiger partial charge in [0.1, 0.15) is 5.75 Å². The van der Waals surface area contributed by atoms with E-state index in [1.54, 1.807) is 0 Å². The first-order valence-electron chi connectivity index (χ1n) is 10.1. The van der Waals surface area contributed by atoms with Crippen LogP contribution in [0.5, 0.6) is 5.75 Å². The van der Waals surface area contributed by atoms with E-state index >= 15 is 0 Å². The topological polar surface area (TPSA) is 9.23 Å². The first kappa shape index (κ1) is 18.4. The highest BCUT2D eigenvalue weighted by atomic mass is 16.5. The Kier molecular flexibility index (Phi) is 9.21. The molecule has 0 aliphatic heterocycles. The molecule has 1 heteroatoms. The van der Waals surface area contributed by atoms with E-state index in [9.17, 15) is 0 Å². The van der Waals surface area contributed by atoms with Crippen molar-refractivity contribution in [3.05, 3.63) is 30.3 Å². The predicted molar refractivity (Wildman–Crippen MR) is 100.0 cm³/mol. The van der Waals surface area contributed by atoms with Gasteiger partial charge < -0.3 is 4.74 Å². The Hall–Kier alpha value is -0.980. The summed E-state index contributed by atoms with van der Waals surface area (Å²) in [5.41, 5.74) is 0. The van der Waals surface area contributed by atoms with Gasteiger partial charge in [0.05, 0.1) is 6.61 Å². The fourth-order valence-electron chi connectivity index (χ4n) is 3.91. The molecule has 0 bridgehead atoms. The van der Waals surface area contributed by atoms with Crippen LogP contribution in [0, 0.1) is 11.8 Å². The summed E-state index contributed by atoms with van der Waals surface area (Å²) in [7, 11) is 0. The van der Waals surface area contributed by atoms with Crippen molar-refractivity contribution in [3.8, 4) is 5.75 Å². The van der Waals surface area contributed by atoms with Gasteiger partial charge >= 0.3 is 0 Å². The van der Waals surface area contributed by atoms with Gasteiger partial charge in [-0.05, 0) is 30.4 Å². The first-order chi connectivity index (χ1) is 11.4. The van der Waals surface area contributed by atoms with Crippen molar-refractivity contribution < 1.29 is 4.74 Å². The van der Waals surface area contributed by atoms with Gasteiger partial charge in [-0.25, -0.2) is 0 Å². The van der Waals surface area contributed by atoms with E-state index in [0.29, 0.717) is 0 Å². The van der Waals surface area contributed by atoms with Crippen LogP contribution in [0.3, 0.4) is 0 Å². The molecular formula is C22H36O. The summed E-state index contributed by atoms with van der Waals surface area (Å²) in [6.07, 6.45) is 17.1. The van der Waals surface area contributed by atoms with Crippen LogP contribution in [-0.4, -0.2) is 6.61 Å². The molecule has 1 nitrogen and oxygen atoms in total. The van der Waals surface area contributed by atoms with Crippen molar-refractivity contribution in [3.63, 3.8) is 0 Å². The van der Waals surface area contributed by atoms with Crippen LogP contribution in [0.25, 0.3) is 0 Å². The molecule has 1 aliphatic rings. The summed E-state index contributed by atoms with van der Waals surface area (Å²) in [4.78, 5) is 0. The van der Waals surface area contributed by atoms with Crippen molar-refractivity contribution in [2.45, 2.75) is 84.0 Å². The average Bonchev–Trinajstić information content (AvgIpc) is 2.60. The van der Waals surface area contributed by atoms with Crippen LogP contribution in [0.4, 0.5) is 0 Å². The van der Waals surface area contributed by atoms with Gasteiger partial charge in [0.25, 0.3) is 0 Å². The third kappa shape index (κ3) is 7.90. The molecule has 2 rings (SSSR count). The maximum atomic E-state index is 5.76. The number of benzene rings is 1. The van der Waals surface area contributed by atoms with Gasteiger partial charge in [-0.1, -0.05) is 95.8 Å². The van der Waals surface area contributed by atoms with Gasteiger partial charge in [-0.3, -0.25) is 0 Å². The van der Waals surface area contributed by atoms with Crippen LogP contribution in [0.1, 0.15) is 84.0 Å². The Bertz CT molecular complexity index is 378. The van der Waals surface area contributed by atoms with Gasteiger partial charge in [0.2, 0.25) is 0 Å². The summed E-state index contributed by atoms with van der Waals surface area (Å²) >= 11 is 0. The lowest BCUT2D eigenvalue weighted by Gasteiger charge is -2.28. The van der Waals surface area contributed by atoms with Crippen molar-refractivity contribution in [1.82, 2.24) is 0 Å². The zero-order valence-electron chi connectivity index (χ0n) is 15.1. The summed E-state index contributed by atoms with van der Waals surface area (Å²) < 4.78 is 5.76. The maximum Gasteiger partial charge on any atom is 0.119 e. The second-order valence-corrected chi connectivity index (χ2v) is 7.39. The van der Waals surface area contributed by atoms with E-state index in [-0.39, 0.29) is 0 Å². The van der Waals surface area contributed by atoms with E-state index in [2.05, 4.69) is 6.92 Å². The van der Waals surface area contributed by atoms with Gasteiger partial charge in [-0.2, -0.15) is 0 Å². The molecule has 1 aliphatic carbocycles. The largest absolute Gasteiger partial charge is 0.494 e. The molecule has 130 valence electrons. The van der Waals surface area contributed by atoms with Crippen molar-refractivity contribution >= 4 is 0 Å². The summed E-state index contributed by atoms with van der Waals surface area (Å²) in [5.74, 6) is 3.08. The molecule has 0 N–H and O–H groups in total. The molecule has 0 aromatic heterocycles. The number of rotatable bonds is 11. The average molecular weight is 317 g/mol. The van der Waals surface area contributed by atoms with Crippen LogP contribution >= 0.6 is 0 Å². The second-order valence-electron chi connectivity index (χ2n) is 7.39. The number of unbranched alkanes of at least 4 members (excludes halogenated alkanes) is 4. The number of ether oxygens (including phenoxy) is 1. The quantitative estimate of drug-likeness (QED) is 0.399. The molecule has 0 radical (unpaired) electrons. The predicted octanol–water partition coefficient (Wildman–Crippen LogP) is 7.01. The Morgan fingerprint density at radius 2 is 1.39 bits per heavy atom. The molecular weight excluding hydrogens is 280 g/mol.